The fourth-order valence-electron chi connectivity index (χ4n) is 2.88. The summed E-state index contributed by atoms with van der Waals surface area (Å²) in [6, 6.07) is 0.751. The van der Waals surface area contributed by atoms with Crippen molar-refractivity contribution in [2.24, 2.45) is 17.3 Å². The normalized spacial score (nSPS) is 24.4. The Hall–Kier alpha value is -0.0400. The van der Waals surface area contributed by atoms with Gasteiger partial charge in [-0.15, -0.1) is 0 Å². The molecule has 1 N–H and O–H groups in total. The largest absolute Gasteiger partial charge is 0.317 e. The third-order valence-corrected chi connectivity index (χ3v) is 4.05. The first-order chi connectivity index (χ1) is 6.94. The van der Waals surface area contributed by atoms with Crippen LogP contribution in [0.25, 0.3) is 0 Å². The van der Waals surface area contributed by atoms with Gasteiger partial charge in [-0.05, 0) is 56.4 Å². The second-order valence-corrected chi connectivity index (χ2v) is 6.53. The number of hydrogen-bond acceptors (Lipinski definition) is 1. The molecule has 0 aromatic heterocycles. The number of nitrogens with one attached hydrogen (secondary N) is 1. The Morgan fingerprint density at radius 1 is 1.20 bits per heavy atom. The zero-order valence-electron chi connectivity index (χ0n) is 11.3. The van der Waals surface area contributed by atoms with Crippen LogP contribution in [-0.4, -0.2) is 13.1 Å². The van der Waals surface area contributed by atoms with Crippen LogP contribution in [0.4, 0.5) is 0 Å². The highest BCUT2D eigenvalue weighted by molar-refractivity contribution is 4.85. The van der Waals surface area contributed by atoms with E-state index in [1.807, 2.05) is 0 Å². The average Bonchev–Trinajstić information content (AvgIpc) is 2.14. The van der Waals surface area contributed by atoms with E-state index in [0.29, 0.717) is 5.41 Å². The van der Waals surface area contributed by atoms with Crippen LogP contribution in [0.2, 0.25) is 0 Å². The third kappa shape index (κ3) is 4.14. The second kappa shape index (κ2) is 5.34. The molecule has 1 fully saturated rings. The molecule has 0 saturated heterocycles. The molecule has 0 bridgehead atoms. The Bertz CT molecular complexity index is 174. The molecule has 1 atom stereocenters. The van der Waals surface area contributed by atoms with Gasteiger partial charge in [0.05, 0.1) is 0 Å². The van der Waals surface area contributed by atoms with E-state index in [-0.39, 0.29) is 0 Å². The lowest BCUT2D eigenvalue weighted by Gasteiger charge is -2.38. The fourth-order valence-corrected chi connectivity index (χ4v) is 2.88. The molecule has 1 aliphatic rings. The highest BCUT2D eigenvalue weighted by Gasteiger charge is 2.30. The first-order valence-electron chi connectivity index (χ1n) is 6.62. The number of rotatable bonds is 4. The smallest absolute Gasteiger partial charge is 0.00947 e. The van der Waals surface area contributed by atoms with Gasteiger partial charge in [0.25, 0.3) is 0 Å². The van der Waals surface area contributed by atoms with Crippen molar-refractivity contribution in [2.75, 3.05) is 7.05 Å². The van der Waals surface area contributed by atoms with Crippen molar-refractivity contribution in [3.05, 3.63) is 0 Å². The molecule has 90 valence electrons. The topological polar surface area (TPSA) is 12.0 Å². The molecule has 0 heterocycles. The van der Waals surface area contributed by atoms with Gasteiger partial charge in [0, 0.05) is 6.04 Å². The third-order valence-electron chi connectivity index (χ3n) is 4.05. The predicted octanol–water partition coefficient (Wildman–Crippen LogP) is 3.84. The van der Waals surface area contributed by atoms with Crippen LogP contribution < -0.4 is 5.32 Å². The van der Waals surface area contributed by atoms with Gasteiger partial charge in [0.15, 0.2) is 0 Å². The van der Waals surface area contributed by atoms with Crippen LogP contribution in [0.5, 0.6) is 0 Å². The summed E-state index contributed by atoms with van der Waals surface area (Å²) in [4.78, 5) is 0. The molecule has 0 aromatic carbocycles. The first-order valence-corrected chi connectivity index (χ1v) is 6.62. The lowest BCUT2D eigenvalue weighted by molar-refractivity contribution is 0.155. The van der Waals surface area contributed by atoms with Gasteiger partial charge in [-0.25, -0.2) is 0 Å². The molecular weight excluding hydrogens is 182 g/mol. The zero-order chi connectivity index (χ0) is 11.5. The summed E-state index contributed by atoms with van der Waals surface area (Å²) in [5.74, 6) is 1.74. The standard InChI is InChI=1S/C14H29N/c1-11(2)10-13(15-5)12-6-8-14(3,4)9-7-12/h11-13,15H,6-10H2,1-5H3. The molecule has 1 rings (SSSR count). The van der Waals surface area contributed by atoms with Gasteiger partial charge in [0.1, 0.15) is 0 Å². The molecule has 0 spiro atoms. The molecule has 1 nitrogen and oxygen atoms in total. The van der Waals surface area contributed by atoms with Crippen LogP contribution in [-0.2, 0) is 0 Å². The lowest BCUT2D eigenvalue weighted by Crippen LogP contribution is -2.38. The van der Waals surface area contributed by atoms with Crippen molar-refractivity contribution in [1.82, 2.24) is 5.32 Å². The van der Waals surface area contributed by atoms with E-state index in [1.54, 1.807) is 0 Å². The highest BCUT2D eigenvalue weighted by Crippen LogP contribution is 2.39. The maximum absolute atomic E-state index is 3.53. The maximum Gasteiger partial charge on any atom is 0.00947 e. The molecule has 15 heavy (non-hydrogen) atoms. The molecule has 0 radical (unpaired) electrons. The molecule has 1 aliphatic carbocycles. The summed E-state index contributed by atoms with van der Waals surface area (Å²) in [7, 11) is 2.13. The van der Waals surface area contributed by atoms with Crippen molar-refractivity contribution in [2.45, 2.75) is 65.8 Å². The van der Waals surface area contributed by atoms with Crippen LogP contribution in [0.15, 0.2) is 0 Å². The Morgan fingerprint density at radius 2 is 1.73 bits per heavy atom. The summed E-state index contributed by atoms with van der Waals surface area (Å²) in [5.41, 5.74) is 0.604. The minimum atomic E-state index is 0.604. The van der Waals surface area contributed by atoms with E-state index in [0.717, 1.165) is 17.9 Å². The van der Waals surface area contributed by atoms with E-state index >= 15 is 0 Å². The monoisotopic (exact) mass is 211 g/mol. The molecule has 1 unspecified atom stereocenters. The SMILES string of the molecule is CNC(CC(C)C)C1CCC(C)(C)CC1. The molecule has 0 amide bonds. The minimum absolute atomic E-state index is 0.604. The molecular formula is C14H29N. The first kappa shape index (κ1) is 13.0. The second-order valence-electron chi connectivity index (χ2n) is 6.53. The fraction of sp³-hybridized carbons (Fsp3) is 1.00. The van der Waals surface area contributed by atoms with Gasteiger partial charge in [-0.2, -0.15) is 0 Å². The lowest BCUT2D eigenvalue weighted by atomic mass is 9.70. The Labute approximate surface area is 96.0 Å². The summed E-state index contributed by atoms with van der Waals surface area (Å²) in [6.07, 6.45) is 7.00. The van der Waals surface area contributed by atoms with Crippen molar-refractivity contribution in [3.8, 4) is 0 Å². The van der Waals surface area contributed by atoms with Crippen LogP contribution in [0, 0.1) is 17.3 Å². The van der Waals surface area contributed by atoms with E-state index < -0.39 is 0 Å². The average molecular weight is 211 g/mol. The summed E-state index contributed by atoms with van der Waals surface area (Å²) in [6.45, 7) is 9.49. The summed E-state index contributed by atoms with van der Waals surface area (Å²) in [5, 5.41) is 3.53. The summed E-state index contributed by atoms with van der Waals surface area (Å²) >= 11 is 0. The highest BCUT2D eigenvalue weighted by atomic mass is 14.9. The maximum atomic E-state index is 3.53. The molecule has 0 aliphatic heterocycles. The van der Waals surface area contributed by atoms with E-state index in [1.165, 1.54) is 32.1 Å². The van der Waals surface area contributed by atoms with E-state index in [4.69, 9.17) is 0 Å². The van der Waals surface area contributed by atoms with Crippen LogP contribution in [0.3, 0.4) is 0 Å². The molecule has 0 aromatic rings. The minimum Gasteiger partial charge on any atom is -0.317 e. The van der Waals surface area contributed by atoms with Crippen molar-refractivity contribution in [3.63, 3.8) is 0 Å². The molecule has 1 heteroatoms. The van der Waals surface area contributed by atoms with Crippen LogP contribution >= 0.6 is 0 Å². The Kier molecular flexibility index (Phi) is 4.64. The van der Waals surface area contributed by atoms with Crippen molar-refractivity contribution in [1.29, 1.82) is 0 Å². The van der Waals surface area contributed by atoms with E-state index in [2.05, 4.69) is 40.1 Å². The predicted molar refractivity (Wildman–Crippen MR) is 68.0 cm³/mol. The zero-order valence-corrected chi connectivity index (χ0v) is 11.3. The summed E-state index contributed by atoms with van der Waals surface area (Å²) < 4.78 is 0. The quantitative estimate of drug-likeness (QED) is 0.745. The van der Waals surface area contributed by atoms with Gasteiger partial charge in [-0.3, -0.25) is 0 Å². The van der Waals surface area contributed by atoms with Gasteiger partial charge < -0.3 is 5.32 Å². The van der Waals surface area contributed by atoms with Crippen molar-refractivity contribution >= 4 is 0 Å². The van der Waals surface area contributed by atoms with Gasteiger partial charge in [0.2, 0.25) is 0 Å². The number of hydrogen-bond donors (Lipinski definition) is 1. The van der Waals surface area contributed by atoms with Gasteiger partial charge >= 0.3 is 0 Å². The van der Waals surface area contributed by atoms with Crippen molar-refractivity contribution < 1.29 is 0 Å². The van der Waals surface area contributed by atoms with Crippen LogP contribution in [0.1, 0.15) is 59.8 Å². The Morgan fingerprint density at radius 3 is 2.13 bits per heavy atom. The Balaban J connectivity index is 2.42. The van der Waals surface area contributed by atoms with Gasteiger partial charge in [-0.1, -0.05) is 27.7 Å². The van der Waals surface area contributed by atoms with E-state index in [9.17, 15) is 0 Å². The molecule has 1 saturated carbocycles.